The standard InChI is InChI=1S/C14H25NOS/c1-2-7-15-13(14-4-3-8-16-14)11-12-5-9-17-10-6-12/h4,12-13,15H,2-3,5-11H2,1H3. The number of rotatable bonds is 6. The summed E-state index contributed by atoms with van der Waals surface area (Å²) in [6, 6.07) is 0.477. The second-order valence-electron chi connectivity index (χ2n) is 5.04. The van der Waals surface area contributed by atoms with Crippen molar-refractivity contribution in [3.63, 3.8) is 0 Å². The number of hydrogen-bond donors (Lipinski definition) is 1. The minimum absolute atomic E-state index is 0.477. The molecule has 2 heterocycles. The minimum atomic E-state index is 0.477. The minimum Gasteiger partial charge on any atom is -0.496 e. The van der Waals surface area contributed by atoms with Crippen LogP contribution in [0.15, 0.2) is 11.8 Å². The third-order valence-corrected chi connectivity index (χ3v) is 4.67. The fourth-order valence-corrected chi connectivity index (χ4v) is 3.82. The molecule has 0 radical (unpaired) electrons. The van der Waals surface area contributed by atoms with Crippen molar-refractivity contribution in [2.75, 3.05) is 24.7 Å². The summed E-state index contributed by atoms with van der Waals surface area (Å²) in [6.07, 6.45) is 8.63. The first-order valence-corrected chi connectivity index (χ1v) is 8.19. The molecule has 2 nitrogen and oxygen atoms in total. The van der Waals surface area contributed by atoms with E-state index in [0.717, 1.165) is 25.5 Å². The van der Waals surface area contributed by atoms with Crippen LogP contribution in [-0.2, 0) is 4.74 Å². The van der Waals surface area contributed by atoms with Gasteiger partial charge in [-0.1, -0.05) is 6.92 Å². The molecule has 0 aromatic rings. The highest BCUT2D eigenvalue weighted by molar-refractivity contribution is 7.99. The summed E-state index contributed by atoms with van der Waals surface area (Å²) in [6.45, 7) is 4.22. The summed E-state index contributed by atoms with van der Waals surface area (Å²) in [5, 5.41) is 3.66. The molecule has 1 fully saturated rings. The Morgan fingerprint density at radius 2 is 2.29 bits per heavy atom. The van der Waals surface area contributed by atoms with Crippen molar-refractivity contribution in [3.05, 3.63) is 11.8 Å². The zero-order chi connectivity index (χ0) is 11.9. The molecule has 0 amide bonds. The van der Waals surface area contributed by atoms with Gasteiger partial charge in [0.2, 0.25) is 0 Å². The van der Waals surface area contributed by atoms with Crippen LogP contribution in [0.2, 0.25) is 0 Å². The fourth-order valence-electron chi connectivity index (χ4n) is 2.61. The highest BCUT2D eigenvalue weighted by atomic mass is 32.2. The van der Waals surface area contributed by atoms with E-state index in [0.29, 0.717) is 6.04 Å². The Kier molecular flexibility index (Phi) is 5.72. The maximum Gasteiger partial charge on any atom is 0.109 e. The van der Waals surface area contributed by atoms with Gasteiger partial charge in [0.1, 0.15) is 5.76 Å². The van der Waals surface area contributed by atoms with Gasteiger partial charge in [0.05, 0.1) is 12.6 Å². The van der Waals surface area contributed by atoms with Gasteiger partial charge < -0.3 is 10.1 Å². The van der Waals surface area contributed by atoms with E-state index in [2.05, 4.69) is 30.1 Å². The molecule has 17 heavy (non-hydrogen) atoms. The van der Waals surface area contributed by atoms with Crippen LogP contribution in [0.3, 0.4) is 0 Å². The van der Waals surface area contributed by atoms with E-state index in [-0.39, 0.29) is 0 Å². The number of thioether (sulfide) groups is 1. The summed E-state index contributed by atoms with van der Waals surface area (Å²) >= 11 is 2.11. The average molecular weight is 255 g/mol. The molecule has 1 atom stereocenters. The summed E-state index contributed by atoms with van der Waals surface area (Å²) < 4.78 is 5.75. The fraction of sp³-hybridized carbons (Fsp3) is 0.857. The molecule has 0 bridgehead atoms. The first kappa shape index (κ1) is 13.3. The van der Waals surface area contributed by atoms with E-state index >= 15 is 0 Å². The highest BCUT2D eigenvalue weighted by Gasteiger charge is 2.23. The summed E-state index contributed by atoms with van der Waals surface area (Å²) in [5.74, 6) is 4.82. The Hall–Kier alpha value is -0.150. The molecule has 1 N–H and O–H groups in total. The van der Waals surface area contributed by atoms with Gasteiger partial charge in [-0.05, 0) is 55.7 Å². The van der Waals surface area contributed by atoms with E-state index in [4.69, 9.17) is 4.74 Å². The van der Waals surface area contributed by atoms with Gasteiger partial charge in [-0.25, -0.2) is 0 Å². The molecule has 1 saturated heterocycles. The SMILES string of the molecule is CCCNC(CC1CCSCC1)C1=CCCO1. The molecule has 0 aromatic heterocycles. The Morgan fingerprint density at radius 1 is 1.47 bits per heavy atom. The van der Waals surface area contributed by atoms with Gasteiger partial charge >= 0.3 is 0 Å². The first-order chi connectivity index (χ1) is 8.40. The van der Waals surface area contributed by atoms with Crippen LogP contribution in [0, 0.1) is 5.92 Å². The van der Waals surface area contributed by atoms with Gasteiger partial charge in [-0.2, -0.15) is 11.8 Å². The van der Waals surface area contributed by atoms with E-state index in [1.807, 2.05) is 0 Å². The lowest BCUT2D eigenvalue weighted by molar-refractivity contribution is 0.202. The average Bonchev–Trinajstić information content (AvgIpc) is 2.89. The predicted molar refractivity (Wildman–Crippen MR) is 75.4 cm³/mol. The van der Waals surface area contributed by atoms with Crippen LogP contribution in [-0.4, -0.2) is 30.7 Å². The molecule has 1 unspecified atom stereocenters. The second-order valence-corrected chi connectivity index (χ2v) is 6.27. The normalized spacial score (nSPS) is 23.2. The monoisotopic (exact) mass is 255 g/mol. The maximum atomic E-state index is 5.75. The van der Waals surface area contributed by atoms with Crippen LogP contribution in [0.5, 0.6) is 0 Å². The predicted octanol–water partition coefficient (Wildman–Crippen LogP) is 3.19. The zero-order valence-electron chi connectivity index (χ0n) is 10.9. The number of ether oxygens (including phenoxy) is 1. The topological polar surface area (TPSA) is 21.3 Å². The third kappa shape index (κ3) is 4.22. The lowest BCUT2D eigenvalue weighted by atomic mass is 9.93. The molecular formula is C14H25NOS. The van der Waals surface area contributed by atoms with Gasteiger partial charge in [0.15, 0.2) is 0 Å². The van der Waals surface area contributed by atoms with Crippen LogP contribution in [0.4, 0.5) is 0 Å². The Labute approximate surface area is 110 Å². The largest absolute Gasteiger partial charge is 0.496 e. The third-order valence-electron chi connectivity index (χ3n) is 3.63. The molecule has 0 aromatic carbocycles. The van der Waals surface area contributed by atoms with Crippen LogP contribution in [0.1, 0.15) is 39.0 Å². The molecule has 98 valence electrons. The summed E-state index contributed by atoms with van der Waals surface area (Å²) in [7, 11) is 0. The van der Waals surface area contributed by atoms with Gasteiger partial charge in [0, 0.05) is 6.42 Å². The molecule has 2 aliphatic rings. The van der Waals surface area contributed by atoms with Gasteiger partial charge in [0.25, 0.3) is 0 Å². The van der Waals surface area contributed by atoms with Crippen LogP contribution < -0.4 is 5.32 Å². The van der Waals surface area contributed by atoms with Crippen molar-refractivity contribution in [1.29, 1.82) is 0 Å². The summed E-state index contributed by atoms with van der Waals surface area (Å²) in [4.78, 5) is 0. The van der Waals surface area contributed by atoms with E-state index in [1.54, 1.807) is 0 Å². The molecule has 0 saturated carbocycles. The van der Waals surface area contributed by atoms with Crippen LogP contribution in [0.25, 0.3) is 0 Å². The molecule has 0 spiro atoms. The van der Waals surface area contributed by atoms with Gasteiger partial charge in [-0.15, -0.1) is 0 Å². The van der Waals surface area contributed by atoms with E-state index in [1.165, 1.54) is 42.9 Å². The van der Waals surface area contributed by atoms with E-state index < -0.39 is 0 Å². The van der Waals surface area contributed by atoms with Crippen LogP contribution >= 0.6 is 11.8 Å². The maximum absolute atomic E-state index is 5.75. The van der Waals surface area contributed by atoms with Crippen molar-refractivity contribution in [1.82, 2.24) is 5.32 Å². The molecule has 0 aliphatic carbocycles. The highest BCUT2D eigenvalue weighted by Crippen LogP contribution is 2.29. The number of hydrogen-bond acceptors (Lipinski definition) is 3. The molecule has 2 aliphatic heterocycles. The first-order valence-electron chi connectivity index (χ1n) is 7.04. The lowest BCUT2D eigenvalue weighted by Crippen LogP contribution is -2.34. The molecule has 3 heteroatoms. The Morgan fingerprint density at radius 3 is 2.94 bits per heavy atom. The zero-order valence-corrected chi connectivity index (χ0v) is 11.7. The molecular weight excluding hydrogens is 230 g/mol. The Bertz CT molecular complexity index is 249. The number of nitrogens with one attached hydrogen (secondary N) is 1. The quantitative estimate of drug-likeness (QED) is 0.787. The van der Waals surface area contributed by atoms with Crippen molar-refractivity contribution < 1.29 is 4.74 Å². The van der Waals surface area contributed by atoms with Crippen molar-refractivity contribution in [2.24, 2.45) is 5.92 Å². The second kappa shape index (κ2) is 7.32. The van der Waals surface area contributed by atoms with Crippen molar-refractivity contribution in [2.45, 2.75) is 45.1 Å². The lowest BCUT2D eigenvalue weighted by Gasteiger charge is -2.27. The summed E-state index contributed by atoms with van der Waals surface area (Å²) in [5.41, 5.74) is 0. The smallest absolute Gasteiger partial charge is 0.109 e. The Balaban J connectivity index is 1.84. The van der Waals surface area contributed by atoms with E-state index in [9.17, 15) is 0 Å². The van der Waals surface area contributed by atoms with Crippen molar-refractivity contribution >= 4 is 11.8 Å². The molecule has 2 rings (SSSR count). The van der Waals surface area contributed by atoms with Gasteiger partial charge in [-0.3, -0.25) is 0 Å². The van der Waals surface area contributed by atoms with Crippen molar-refractivity contribution in [3.8, 4) is 0 Å².